The Kier molecular flexibility index (Phi) is 1.33. The van der Waals surface area contributed by atoms with Gasteiger partial charge in [0.1, 0.15) is 0 Å². The fourth-order valence-corrected chi connectivity index (χ4v) is 2.98. The molecular formula is C6H10FNO2S. The van der Waals surface area contributed by atoms with Crippen molar-refractivity contribution in [3.05, 3.63) is 0 Å². The third-order valence-corrected chi connectivity index (χ3v) is 3.85. The fraction of sp³-hybridized carbons (Fsp3) is 1.00. The summed E-state index contributed by atoms with van der Waals surface area (Å²) < 4.78 is 33.0. The fourth-order valence-electron chi connectivity index (χ4n) is 1.87. The summed E-state index contributed by atoms with van der Waals surface area (Å²) in [5, 5.41) is 2.35. The average Bonchev–Trinajstić information content (AvgIpc) is 1.49. The summed E-state index contributed by atoms with van der Waals surface area (Å²) in [5.41, 5.74) is 0.143. The summed E-state index contributed by atoms with van der Waals surface area (Å²) in [6, 6.07) is 0. The Labute approximate surface area is 65.2 Å². The second kappa shape index (κ2) is 1.95. The predicted octanol–water partition coefficient (Wildman–Crippen LogP) is 0.0377. The zero-order chi connectivity index (χ0) is 8.11. The number of hydrogen-bond acceptors (Lipinski definition) is 3. The van der Waals surface area contributed by atoms with E-state index in [2.05, 4.69) is 5.32 Å². The second-order valence-electron chi connectivity index (χ2n) is 3.61. The van der Waals surface area contributed by atoms with Crippen molar-refractivity contribution in [1.29, 1.82) is 0 Å². The van der Waals surface area contributed by atoms with Crippen LogP contribution < -0.4 is 5.32 Å². The molecule has 0 bridgehead atoms. The highest BCUT2D eigenvalue weighted by Crippen LogP contribution is 2.47. The van der Waals surface area contributed by atoms with Gasteiger partial charge in [0.25, 0.3) is 0 Å². The largest absolute Gasteiger partial charge is 0.316 e. The summed E-state index contributed by atoms with van der Waals surface area (Å²) in [6.45, 7) is 1.72. The molecule has 0 aromatic heterocycles. The average molecular weight is 179 g/mol. The van der Waals surface area contributed by atoms with Crippen molar-refractivity contribution < 1.29 is 12.3 Å². The maximum atomic E-state index is 12.3. The minimum Gasteiger partial charge on any atom is -0.316 e. The van der Waals surface area contributed by atoms with Crippen LogP contribution in [0.25, 0.3) is 0 Å². The molecule has 0 radical (unpaired) electrons. The van der Waals surface area contributed by atoms with Crippen LogP contribution in [0.1, 0.15) is 12.8 Å². The van der Waals surface area contributed by atoms with E-state index in [9.17, 15) is 12.3 Å². The van der Waals surface area contributed by atoms with Gasteiger partial charge in [-0.3, -0.25) is 0 Å². The normalized spacial score (nSPS) is 29.5. The Balaban J connectivity index is 1.98. The van der Waals surface area contributed by atoms with Gasteiger partial charge in [-0.05, 0) is 18.3 Å². The van der Waals surface area contributed by atoms with Crippen molar-refractivity contribution in [2.75, 3.05) is 13.1 Å². The molecule has 0 aromatic carbocycles. The molecule has 1 heterocycles. The first-order valence-corrected chi connectivity index (χ1v) is 5.11. The van der Waals surface area contributed by atoms with E-state index in [0.29, 0.717) is 12.8 Å². The van der Waals surface area contributed by atoms with Crippen LogP contribution >= 0.6 is 0 Å². The molecule has 1 spiro atoms. The van der Waals surface area contributed by atoms with Crippen LogP contribution in [-0.4, -0.2) is 26.8 Å². The Bertz CT molecular complexity index is 262. The van der Waals surface area contributed by atoms with Gasteiger partial charge in [-0.25, -0.2) is 0 Å². The van der Waals surface area contributed by atoms with Crippen LogP contribution in [0.5, 0.6) is 0 Å². The second-order valence-corrected chi connectivity index (χ2v) is 5.23. The molecule has 1 aliphatic heterocycles. The highest BCUT2D eigenvalue weighted by molar-refractivity contribution is 7.87. The molecule has 1 N–H and O–H groups in total. The monoisotopic (exact) mass is 179 g/mol. The number of nitrogens with one attached hydrogen (secondary N) is 1. The van der Waals surface area contributed by atoms with Gasteiger partial charge < -0.3 is 5.32 Å². The molecule has 0 aromatic rings. The van der Waals surface area contributed by atoms with Crippen molar-refractivity contribution >= 4 is 10.2 Å². The van der Waals surface area contributed by atoms with E-state index in [0.717, 1.165) is 13.1 Å². The molecule has 2 fully saturated rings. The minimum absolute atomic E-state index is 0.143. The summed E-state index contributed by atoms with van der Waals surface area (Å²) in [5.74, 6) is 0. The zero-order valence-electron chi connectivity index (χ0n) is 6.01. The number of halogens is 1. The molecule has 3 nitrogen and oxygen atoms in total. The smallest absolute Gasteiger partial charge is 0.305 e. The molecule has 0 amide bonds. The summed E-state index contributed by atoms with van der Waals surface area (Å²) in [6.07, 6.45) is 1.03. The lowest BCUT2D eigenvalue weighted by molar-refractivity contribution is 0.0625. The lowest BCUT2D eigenvalue weighted by atomic mass is 9.64. The Morgan fingerprint density at radius 3 is 2.18 bits per heavy atom. The first-order valence-electron chi connectivity index (χ1n) is 3.66. The highest BCUT2D eigenvalue weighted by atomic mass is 32.3. The van der Waals surface area contributed by atoms with Crippen molar-refractivity contribution in [3.63, 3.8) is 0 Å². The van der Waals surface area contributed by atoms with Crippen molar-refractivity contribution in [3.8, 4) is 0 Å². The SMILES string of the molecule is O=S(=O)(F)C1CC2(CNC2)C1. The van der Waals surface area contributed by atoms with Gasteiger partial charge in [-0.1, -0.05) is 0 Å². The van der Waals surface area contributed by atoms with Crippen LogP contribution in [0.4, 0.5) is 3.89 Å². The van der Waals surface area contributed by atoms with Gasteiger partial charge in [0, 0.05) is 13.1 Å². The topological polar surface area (TPSA) is 46.2 Å². The predicted molar refractivity (Wildman–Crippen MR) is 38.4 cm³/mol. The van der Waals surface area contributed by atoms with Crippen LogP contribution in [0.2, 0.25) is 0 Å². The van der Waals surface area contributed by atoms with Gasteiger partial charge in [0.15, 0.2) is 0 Å². The van der Waals surface area contributed by atoms with E-state index < -0.39 is 15.5 Å². The van der Waals surface area contributed by atoms with E-state index in [1.165, 1.54) is 0 Å². The maximum absolute atomic E-state index is 12.3. The minimum atomic E-state index is -4.24. The molecule has 1 saturated heterocycles. The van der Waals surface area contributed by atoms with Gasteiger partial charge in [-0.2, -0.15) is 8.42 Å². The van der Waals surface area contributed by atoms with Crippen molar-refractivity contribution in [2.24, 2.45) is 5.41 Å². The molecule has 0 unspecified atom stereocenters. The number of rotatable bonds is 1. The van der Waals surface area contributed by atoms with Crippen LogP contribution in [-0.2, 0) is 10.2 Å². The van der Waals surface area contributed by atoms with Gasteiger partial charge in [0.2, 0.25) is 0 Å². The van der Waals surface area contributed by atoms with Crippen LogP contribution in [0, 0.1) is 5.41 Å². The van der Waals surface area contributed by atoms with Gasteiger partial charge in [-0.15, -0.1) is 3.89 Å². The van der Waals surface area contributed by atoms with Crippen LogP contribution in [0.3, 0.4) is 0 Å². The molecule has 64 valence electrons. The maximum Gasteiger partial charge on any atom is 0.305 e. The quantitative estimate of drug-likeness (QED) is 0.578. The summed E-state index contributed by atoms with van der Waals surface area (Å²) >= 11 is 0. The summed E-state index contributed by atoms with van der Waals surface area (Å²) in [7, 11) is -4.24. The van der Waals surface area contributed by atoms with Gasteiger partial charge in [0.05, 0.1) is 5.25 Å². The molecule has 2 aliphatic rings. The van der Waals surface area contributed by atoms with Crippen molar-refractivity contribution in [2.45, 2.75) is 18.1 Å². The Hall–Kier alpha value is -0.160. The lowest BCUT2D eigenvalue weighted by Gasteiger charge is -2.52. The lowest BCUT2D eigenvalue weighted by Crippen LogP contribution is -2.62. The Morgan fingerprint density at radius 1 is 1.36 bits per heavy atom. The first-order chi connectivity index (χ1) is 5.02. The highest BCUT2D eigenvalue weighted by Gasteiger charge is 2.53. The number of hydrogen-bond donors (Lipinski definition) is 1. The molecular weight excluding hydrogens is 169 g/mol. The van der Waals surface area contributed by atoms with Crippen LogP contribution in [0.15, 0.2) is 0 Å². The van der Waals surface area contributed by atoms with Crippen molar-refractivity contribution in [1.82, 2.24) is 5.32 Å². The molecule has 1 saturated carbocycles. The van der Waals surface area contributed by atoms with E-state index in [4.69, 9.17) is 0 Å². The third kappa shape index (κ3) is 1.06. The molecule has 1 aliphatic carbocycles. The summed E-state index contributed by atoms with van der Waals surface area (Å²) in [4.78, 5) is 0. The van der Waals surface area contributed by atoms with Gasteiger partial charge >= 0.3 is 10.2 Å². The standard InChI is InChI=1S/C6H10FNO2S/c7-11(9,10)5-1-6(2-5)3-8-4-6/h5,8H,1-4H2. The molecule has 2 rings (SSSR count). The molecule has 11 heavy (non-hydrogen) atoms. The van der Waals surface area contributed by atoms with E-state index in [1.807, 2.05) is 0 Å². The van der Waals surface area contributed by atoms with E-state index in [-0.39, 0.29) is 5.41 Å². The zero-order valence-corrected chi connectivity index (χ0v) is 6.82. The molecule has 5 heteroatoms. The first kappa shape index (κ1) is 7.49. The van der Waals surface area contributed by atoms with E-state index in [1.54, 1.807) is 0 Å². The Morgan fingerprint density at radius 2 is 1.91 bits per heavy atom. The van der Waals surface area contributed by atoms with E-state index >= 15 is 0 Å². The molecule has 0 atom stereocenters. The third-order valence-electron chi connectivity index (χ3n) is 2.72.